The zero-order chi connectivity index (χ0) is 13.7. The Morgan fingerprint density at radius 2 is 1.89 bits per heavy atom. The number of hydrogen-bond donors (Lipinski definition) is 1. The molecular weight excluding hydrogens is 229 g/mol. The summed E-state index contributed by atoms with van der Waals surface area (Å²) in [5.41, 5.74) is 6.55. The summed E-state index contributed by atoms with van der Waals surface area (Å²) in [5, 5.41) is 0. The van der Waals surface area contributed by atoms with Crippen LogP contribution in [0.5, 0.6) is 5.75 Å². The summed E-state index contributed by atoms with van der Waals surface area (Å²) < 4.78 is 18.9. The summed E-state index contributed by atoms with van der Waals surface area (Å²) >= 11 is 0. The third-order valence-electron chi connectivity index (χ3n) is 2.86. The van der Waals surface area contributed by atoms with E-state index in [0.717, 1.165) is 12.0 Å². The van der Waals surface area contributed by atoms with Crippen LogP contribution in [0.3, 0.4) is 0 Å². The second-order valence-corrected chi connectivity index (χ2v) is 5.52. The summed E-state index contributed by atoms with van der Waals surface area (Å²) in [5.74, 6) is 1.56. The molecule has 0 spiro atoms. The van der Waals surface area contributed by atoms with Crippen LogP contribution in [0.2, 0.25) is 0 Å². The minimum atomic E-state index is -0.273. The molecule has 0 bridgehead atoms. The Bertz CT molecular complexity index is 377. The van der Waals surface area contributed by atoms with Gasteiger partial charge in [0.2, 0.25) is 0 Å². The van der Waals surface area contributed by atoms with Crippen LogP contribution in [-0.2, 0) is 0 Å². The van der Waals surface area contributed by atoms with Gasteiger partial charge in [0.25, 0.3) is 0 Å². The SMILES string of the molecule is CC(C)CC(C)COc1ccc(F)cc1[C@H](C)N. The lowest BCUT2D eigenvalue weighted by Crippen LogP contribution is -2.14. The van der Waals surface area contributed by atoms with Gasteiger partial charge in [-0.2, -0.15) is 0 Å². The summed E-state index contributed by atoms with van der Waals surface area (Å²) in [6, 6.07) is 4.30. The molecule has 1 aromatic carbocycles. The van der Waals surface area contributed by atoms with Crippen molar-refractivity contribution in [3.63, 3.8) is 0 Å². The van der Waals surface area contributed by atoms with Crippen LogP contribution in [0.15, 0.2) is 18.2 Å². The largest absolute Gasteiger partial charge is 0.493 e. The van der Waals surface area contributed by atoms with E-state index in [1.807, 2.05) is 6.92 Å². The van der Waals surface area contributed by atoms with Crippen molar-refractivity contribution in [1.29, 1.82) is 0 Å². The molecule has 0 fully saturated rings. The fourth-order valence-corrected chi connectivity index (χ4v) is 2.11. The standard InChI is InChI=1S/C15H24FNO/c1-10(2)7-11(3)9-18-15-6-5-13(16)8-14(15)12(4)17/h5-6,8,10-12H,7,9,17H2,1-4H3/t11?,12-/m0/s1. The average molecular weight is 253 g/mol. The van der Waals surface area contributed by atoms with Crippen LogP contribution in [0.25, 0.3) is 0 Å². The normalized spacial score (nSPS) is 14.6. The molecule has 0 amide bonds. The van der Waals surface area contributed by atoms with E-state index in [2.05, 4.69) is 20.8 Å². The molecule has 0 saturated carbocycles. The zero-order valence-corrected chi connectivity index (χ0v) is 11.7. The highest BCUT2D eigenvalue weighted by Crippen LogP contribution is 2.25. The highest BCUT2D eigenvalue weighted by molar-refractivity contribution is 5.36. The third-order valence-corrected chi connectivity index (χ3v) is 2.86. The Morgan fingerprint density at radius 1 is 1.22 bits per heavy atom. The smallest absolute Gasteiger partial charge is 0.124 e. The third kappa shape index (κ3) is 4.65. The first-order valence-corrected chi connectivity index (χ1v) is 6.58. The first-order chi connectivity index (χ1) is 8.40. The molecular formula is C15H24FNO. The monoisotopic (exact) mass is 253 g/mol. The molecule has 18 heavy (non-hydrogen) atoms. The van der Waals surface area contributed by atoms with Gasteiger partial charge in [0.15, 0.2) is 0 Å². The van der Waals surface area contributed by atoms with Gasteiger partial charge >= 0.3 is 0 Å². The van der Waals surface area contributed by atoms with E-state index < -0.39 is 0 Å². The Labute approximate surface area is 109 Å². The van der Waals surface area contributed by atoms with Gasteiger partial charge in [-0.05, 0) is 43.4 Å². The van der Waals surface area contributed by atoms with Crippen LogP contribution in [0, 0.1) is 17.7 Å². The van der Waals surface area contributed by atoms with Crippen LogP contribution < -0.4 is 10.5 Å². The van der Waals surface area contributed by atoms with Crippen molar-refractivity contribution in [2.75, 3.05) is 6.61 Å². The van der Waals surface area contributed by atoms with Crippen molar-refractivity contribution in [3.05, 3.63) is 29.6 Å². The van der Waals surface area contributed by atoms with Gasteiger partial charge < -0.3 is 10.5 Å². The molecule has 2 atom stereocenters. The number of benzene rings is 1. The lowest BCUT2D eigenvalue weighted by molar-refractivity contribution is 0.236. The van der Waals surface area contributed by atoms with Gasteiger partial charge in [-0.3, -0.25) is 0 Å². The fourth-order valence-electron chi connectivity index (χ4n) is 2.11. The van der Waals surface area contributed by atoms with Crippen molar-refractivity contribution in [2.24, 2.45) is 17.6 Å². The lowest BCUT2D eigenvalue weighted by Gasteiger charge is -2.18. The van der Waals surface area contributed by atoms with Crippen molar-refractivity contribution < 1.29 is 9.13 Å². The summed E-state index contributed by atoms with van der Waals surface area (Å²) in [7, 11) is 0. The molecule has 0 heterocycles. The fraction of sp³-hybridized carbons (Fsp3) is 0.600. The first-order valence-electron chi connectivity index (χ1n) is 6.58. The van der Waals surface area contributed by atoms with Gasteiger partial charge in [0, 0.05) is 11.6 Å². The van der Waals surface area contributed by atoms with Gasteiger partial charge in [0.1, 0.15) is 11.6 Å². The number of halogens is 1. The van der Waals surface area contributed by atoms with Crippen LogP contribution in [0.1, 0.15) is 45.7 Å². The maximum absolute atomic E-state index is 13.2. The van der Waals surface area contributed by atoms with E-state index in [9.17, 15) is 4.39 Å². The van der Waals surface area contributed by atoms with E-state index in [1.54, 1.807) is 6.07 Å². The van der Waals surface area contributed by atoms with Crippen molar-refractivity contribution in [3.8, 4) is 5.75 Å². The molecule has 0 radical (unpaired) electrons. The van der Waals surface area contributed by atoms with Crippen LogP contribution >= 0.6 is 0 Å². The zero-order valence-electron chi connectivity index (χ0n) is 11.7. The van der Waals surface area contributed by atoms with Crippen LogP contribution in [-0.4, -0.2) is 6.61 Å². The number of ether oxygens (including phenoxy) is 1. The van der Waals surface area contributed by atoms with Gasteiger partial charge in [-0.15, -0.1) is 0 Å². The van der Waals surface area contributed by atoms with Crippen molar-refractivity contribution >= 4 is 0 Å². The van der Waals surface area contributed by atoms with Crippen LogP contribution in [0.4, 0.5) is 4.39 Å². The highest BCUT2D eigenvalue weighted by Gasteiger charge is 2.12. The molecule has 0 aromatic heterocycles. The quantitative estimate of drug-likeness (QED) is 0.834. The average Bonchev–Trinajstić information content (AvgIpc) is 2.26. The minimum Gasteiger partial charge on any atom is -0.493 e. The summed E-state index contributed by atoms with van der Waals surface area (Å²) in [6.07, 6.45) is 1.12. The topological polar surface area (TPSA) is 35.2 Å². The molecule has 0 aliphatic heterocycles. The molecule has 102 valence electrons. The Balaban J connectivity index is 2.67. The maximum atomic E-state index is 13.2. The molecule has 3 heteroatoms. The van der Waals surface area contributed by atoms with E-state index in [4.69, 9.17) is 10.5 Å². The molecule has 1 rings (SSSR count). The molecule has 0 aliphatic carbocycles. The van der Waals surface area contributed by atoms with E-state index >= 15 is 0 Å². The lowest BCUT2D eigenvalue weighted by atomic mass is 10.00. The van der Waals surface area contributed by atoms with Crippen molar-refractivity contribution in [2.45, 2.75) is 40.2 Å². The summed E-state index contributed by atoms with van der Waals surface area (Å²) in [4.78, 5) is 0. The van der Waals surface area contributed by atoms with Gasteiger partial charge in [-0.1, -0.05) is 20.8 Å². The Hall–Kier alpha value is -1.09. The molecule has 0 saturated heterocycles. The number of hydrogen-bond acceptors (Lipinski definition) is 2. The highest BCUT2D eigenvalue weighted by atomic mass is 19.1. The van der Waals surface area contributed by atoms with Gasteiger partial charge in [0.05, 0.1) is 6.61 Å². The second kappa shape index (κ2) is 6.74. The predicted octanol–water partition coefficient (Wildman–Crippen LogP) is 3.91. The van der Waals surface area contributed by atoms with Gasteiger partial charge in [-0.25, -0.2) is 4.39 Å². The van der Waals surface area contributed by atoms with E-state index in [1.165, 1.54) is 12.1 Å². The number of nitrogens with two attached hydrogens (primary N) is 1. The predicted molar refractivity (Wildman–Crippen MR) is 73.1 cm³/mol. The van der Waals surface area contributed by atoms with E-state index in [0.29, 0.717) is 24.2 Å². The maximum Gasteiger partial charge on any atom is 0.124 e. The first kappa shape index (κ1) is 15.0. The minimum absolute atomic E-state index is 0.226. The molecule has 1 unspecified atom stereocenters. The Morgan fingerprint density at radius 3 is 2.44 bits per heavy atom. The van der Waals surface area contributed by atoms with E-state index in [-0.39, 0.29) is 11.9 Å². The summed E-state index contributed by atoms with van der Waals surface area (Å²) in [6.45, 7) is 9.03. The molecule has 1 aromatic rings. The molecule has 2 N–H and O–H groups in total. The Kier molecular flexibility index (Phi) is 5.60. The molecule has 0 aliphatic rings. The molecule has 2 nitrogen and oxygen atoms in total. The number of rotatable bonds is 6. The van der Waals surface area contributed by atoms with Crippen molar-refractivity contribution in [1.82, 2.24) is 0 Å². The second-order valence-electron chi connectivity index (χ2n) is 5.52.